The normalized spacial score (nSPS) is 27.4. The predicted octanol–water partition coefficient (Wildman–Crippen LogP) is 1.90. The van der Waals surface area contributed by atoms with Crippen LogP contribution in [-0.2, 0) is 11.2 Å². The third-order valence-electron chi connectivity index (χ3n) is 4.20. The minimum absolute atomic E-state index is 0.0734. The Bertz CT molecular complexity index is 464. The van der Waals surface area contributed by atoms with Gasteiger partial charge in [-0.3, -0.25) is 4.79 Å². The fraction of sp³-hybridized carbons (Fsp3) is 0.533. The smallest absolute Gasteiger partial charge is 0.236 e. The minimum atomic E-state index is 0.0734. The number of carbonyl (C=O) groups excluding carboxylic acids is 1. The molecule has 1 aromatic carbocycles. The highest BCUT2D eigenvalue weighted by Crippen LogP contribution is 2.38. The molecule has 1 amide bonds. The van der Waals surface area contributed by atoms with Crippen LogP contribution in [0.3, 0.4) is 0 Å². The van der Waals surface area contributed by atoms with Crippen LogP contribution in [0.15, 0.2) is 29.2 Å². The molecule has 0 aliphatic carbocycles. The maximum absolute atomic E-state index is 12.5. The number of benzene rings is 1. The standard InChI is InChI=1S/C15H20N2OS/c1-10(16)12-6-7-17(9-12)15(18)14-8-11-4-2-3-5-13(11)19-14/h2-5,10,12,14H,6-9,16H2,1H3. The molecule has 3 atom stereocenters. The van der Waals surface area contributed by atoms with E-state index in [0.29, 0.717) is 11.8 Å². The van der Waals surface area contributed by atoms with Crippen molar-refractivity contribution in [1.82, 2.24) is 4.90 Å². The molecular formula is C15H20N2OS. The number of likely N-dealkylation sites (tertiary alicyclic amines) is 1. The molecule has 102 valence electrons. The summed E-state index contributed by atoms with van der Waals surface area (Å²) in [5, 5.41) is 0.0734. The van der Waals surface area contributed by atoms with E-state index in [1.54, 1.807) is 11.8 Å². The number of thioether (sulfide) groups is 1. The highest BCUT2D eigenvalue weighted by atomic mass is 32.2. The second kappa shape index (κ2) is 5.17. The molecule has 2 heterocycles. The van der Waals surface area contributed by atoms with Crippen LogP contribution in [0.25, 0.3) is 0 Å². The summed E-state index contributed by atoms with van der Waals surface area (Å²) in [7, 11) is 0. The van der Waals surface area contributed by atoms with E-state index in [2.05, 4.69) is 12.1 Å². The summed E-state index contributed by atoms with van der Waals surface area (Å²) >= 11 is 1.72. The van der Waals surface area contributed by atoms with Crippen LogP contribution in [-0.4, -0.2) is 35.2 Å². The first-order valence-electron chi connectivity index (χ1n) is 6.94. The van der Waals surface area contributed by atoms with Gasteiger partial charge in [0.15, 0.2) is 0 Å². The Balaban J connectivity index is 1.64. The fourth-order valence-electron chi connectivity index (χ4n) is 2.94. The number of nitrogens with zero attached hydrogens (tertiary/aromatic N) is 1. The van der Waals surface area contributed by atoms with Gasteiger partial charge in [-0.05, 0) is 37.3 Å². The molecule has 2 aliphatic heterocycles. The number of carbonyl (C=O) groups is 1. The Labute approximate surface area is 118 Å². The maximum atomic E-state index is 12.5. The van der Waals surface area contributed by atoms with Crippen LogP contribution < -0.4 is 5.73 Å². The third kappa shape index (κ3) is 2.51. The van der Waals surface area contributed by atoms with E-state index in [-0.39, 0.29) is 11.3 Å². The van der Waals surface area contributed by atoms with E-state index in [1.807, 2.05) is 24.0 Å². The van der Waals surface area contributed by atoms with Gasteiger partial charge in [-0.1, -0.05) is 18.2 Å². The Morgan fingerprint density at radius 1 is 1.47 bits per heavy atom. The highest BCUT2D eigenvalue weighted by Gasteiger charge is 2.35. The molecule has 1 saturated heterocycles. The van der Waals surface area contributed by atoms with Crippen molar-refractivity contribution in [3.8, 4) is 0 Å². The van der Waals surface area contributed by atoms with E-state index < -0.39 is 0 Å². The molecule has 0 saturated carbocycles. The zero-order valence-electron chi connectivity index (χ0n) is 11.2. The lowest BCUT2D eigenvalue weighted by molar-refractivity contribution is -0.129. The summed E-state index contributed by atoms with van der Waals surface area (Å²) in [6.45, 7) is 3.75. The maximum Gasteiger partial charge on any atom is 0.236 e. The van der Waals surface area contributed by atoms with Gasteiger partial charge in [-0.15, -0.1) is 11.8 Å². The van der Waals surface area contributed by atoms with Gasteiger partial charge in [0.1, 0.15) is 0 Å². The van der Waals surface area contributed by atoms with Crippen molar-refractivity contribution in [1.29, 1.82) is 0 Å². The van der Waals surface area contributed by atoms with Crippen LogP contribution in [0.1, 0.15) is 18.9 Å². The van der Waals surface area contributed by atoms with Crippen molar-refractivity contribution < 1.29 is 4.79 Å². The van der Waals surface area contributed by atoms with Gasteiger partial charge in [-0.2, -0.15) is 0 Å². The number of nitrogens with two attached hydrogens (primary N) is 1. The van der Waals surface area contributed by atoms with Crippen LogP contribution in [0.4, 0.5) is 0 Å². The molecule has 3 rings (SSSR count). The summed E-state index contributed by atoms with van der Waals surface area (Å²) < 4.78 is 0. The van der Waals surface area contributed by atoms with Crippen LogP contribution in [0.5, 0.6) is 0 Å². The Morgan fingerprint density at radius 2 is 2.26 bits per heavy atom. The van der Waals surface area contributed by atoms with Crippen LogP contribution >= 0.6 is 11.8 Å². The SMILES string of the molecule is CC(N)C1CCN(C(=O)C2Cc3ccccc3S2)C1. The van der Waals surface area contributed by atoms with Gasteiger partial charge in [0, 0.05) is 24.0 Å². The zero-order valence-corrected chi connectivity index (χ0v) is 12.0. The molecule has 0 aromatic heterocycles. The van der Waals surface area contributed by atoms with Crippen molar-refractivity contribution in [2.45, 2.75) is 36.0 Å². The second-order valence-electron chi connectivity index (χ2n) is 5.61. The van der Waals surface area contributed by atoms with Gasteiger partial charge in [0.2, 0.25) is 5.91 Å². The van der Waals surface area contributed by atoms with Crippen LogP contribution in [0, 0.1) is 5.92 Å². The lowest BCUT2D eigenvalue weighted by atomic mass is 10.0. The summed E-state index contributed by atoms with van der Waals surface area (Å²) in [5.41, 5.74) is 7.25. The Hall–Kier alpha value is -1.00. The number of hydrogen-bond acceptors (Lipinski definition) is 3. The molecule has 19 heavy (non-hydrogen) atoms. The number of fused-ring (bicyclic) bond motifs is 1. The molecule has 2 aliphatic rings. The number of hydrogen-bond donors (Lipinski definition) is 1. The van der Waals surface area contributed by atoms with E-state index in [9.17, 15) is 4.79 Å². The molecule has 3 unspecified atom stereocenters. The number of rotatable bonds is 2. The minimum Gasteiger partial charge on any atom is -0.341 e. The summed E-state index contributed by atoms with van der Waals surface area (Å²) in [5.74, 6) is 0.766. The van der Waals surface area contributed by atoms with Gasteiger partial charge in [0.25, 0.3) is 0 Å². The molecule has 4 heteroatoms. The van der Waals surface area contributed by atoms with Crippen molar-refractivity contribution >= 4 is 17.7 Å². The topological polar surface area (TPSA) is 46.3 Å². The van der Waals surface area contributed by atoms with Crippen molar-refractivity contribution in [3.05, 3.63) is 29.8 Å². The van der Waals surface area contributed by atoms with Gasteiger partial charge >= 0.3 is 0 Å². The third-order valence-corrected chi connectivity index (χ3v) is 5.51. The summed E-state index contributed by atoms with van der Waals surface area (Å²) in [4.78, 5) is 15.8. The largest absolute Gasteiger partial charge is 0.341 e. The molecule has 1 aromatic rings. The molecule has 0 spiro atoms. The molecule has 1 fully saturated rings. The van der Waals surface area contributed by atoms with Crippen molar-refractivity contribution in [3.63, 3.8) is 0 Å². The lowest BCUT2D eigenvalue weighted by Crippen LogP contribution is -2.37. The predicted molar refractivity (Wildman–Crippen MR) is 78.1 cm³/mol. The van der Waals surface area contributed by atoms with E-state index >= 15 is 0 Å². The summed E-state index contributed by atoms with van der Waals surface area (Å²) in [6.07, 6.45) is 1.92. The van der Waals surface area contributed by atoms with Gasteiger partial charge in [0.05, 0.1) is 5.25 Å². The molecule has 0 bridgehead atoms. The summed E-state index contributed by atoms with van der Waals surface area (Å²) in [6, 6.07) is 8.52. The quantitative estimate of drug-likeness (QED) is 0.897. The van der Waals surface area contributed by atoms with Crippen molar-refractivity contribution in [2.75, 3.05) is 13.1 Å². The van der Waals surface area contributed by atoms with Gasteiger partial charge < -0.3 is 10.6 Å². The van der Waals surface area contributed by atoms with Crippen molar-refractivity contribution in [2.24, 2.45) is 11.7 Å². The van der Waals surface area contributed by atoms with E-state index in [0.717, 1.165) is 25.9 Å². The average molecular weight is 276 g/mol. The van der Waals surface area contributed by atoms with E-state index in [1.165, 1.54) is 10.5 Å². The molecule has 2 N–H and O–H groups in total. The number of amides is 1. The first kappa shape index (κ1) is 13.0. The second-order valence-corrected chi connectivity index (χ2v) is 6.86. The Morgan fingerprint density at radius 3 is 2.95 bits per heavy atom. The zero-order chi connectivity index (χ0) is 13.4. The Kier molecular flexibility index (Phi) is 3.54. The first-order valence-corrected chi connectivity index (χ1v) is 7.82. The molecular weight excluding hydrogens is 256 g/mol. The first-order chi connectivity index (χ1) is 9.15. The average Bonchev–Trinajstić information content (AvgIpc) is 3.04. The lowest BCUT2D eigenvalue weighted by Gasteiger charge is -2.21. The molecule has 0 radical (unpaired) electrons. The highest BCUT2D eigenvalue weighted by molar-refractivity contribution is 8.01. The van der Waals surface area contributed by atoms with Crippen LogP contribution in [0.2, 0.25) is 0 Å². The fourth-order valence-corrected chi connectivity index (χ4v) is 4.22. The van der Waals surface area contributed by atoms with Gasteiger partial charge in [-0.25, -0.2) is 0 Å². The molecule has 3 nitrogen and oxygen atoms in total. The van der Waals surface area contributed by atoms with E-state index in [4.69, 9.17) is 5.73 Å². The monoisotopic (exact) mass is 276 g/mol.